The normalized spacial score (nSPS) is 12.2. The Morgan fingerprint density at radius 3 is 2.04 bits per heavy atom. The molecule has 5 aromatic carbocycles. The van der Waals surface area contributed by atoms with Gasteiger partial charge in [-0.25, -0.2) is 9.59 Å². The van der Waals surface area contributed by atoms with Gasteiger partial charge in [-0.3, -0.25) is 9.59 Å². The van der Waals surface area contributed by atoms with E-state index >= 15 is 8.78 Å². The summed E-state index contributed by atoms with van der Waals surface area (Å²) in [5, 5.41) is 5.65. The van der Waals surface area contributed by atoms with Crippen molar-refractivity contribution in [2.75, 3.05) is 17.3 Å². The molecule has 0 heterocycles. The minimum atomic E-state index is -3.61. The van der Waals surface area contributed by atoms with E-state index in [1.165, 1.54) is 29.2 Å². The monoisotopic (exact) mass is 767 g/mol. The molecular formula is C43H40ClF2N3O6. The van der Waals surface area contributed by atoms with Gasteiger partial charge in [-0.1, -0.05) is 103 Å². The van der Waals surface area contributed by atoms with Gasteiger partial charge >= 0.3 is 18.0 Å². The molecule has 12 heteroatoms. The molecule has 0 fully saturated rings. The van der Waals surface area contributed by atoms with Crippen LogP contribution in [0.3, 0.4) is 0 Å². The SMILES string of the molecule is Cc1ccc(N(C)C(=O)c2ccc(NC(=O)Cc3ccc(C(F)(F)[C@H](C)OC(=O)C(Cc4ccccc4)NC(=O)OCc4ccccc4)cc3)cc2)c(Cl)c1. The minimum absolute atomic E-state index is 0.0158. The van der Waals surface area contributed by atoms with Crippen molar-refractivity contribution in [2.24, 2.45) is 0 Å². The zero-order valence-corrected chi connectivity index (χ0v) is 31.2. The van der Waals surface area contributed by atoms with E-state index in [1.807, 2.05) is 19.1 Å². The number of benzene rings is 5. The highest BCUT2D eigenvalue weighted by atomic mass is 35.5. The van der Waals surface area contributed by atoms with Gasteiger partial charge in [0.25, 0.3) is 5.91 Å². The van der Waals surface area contributed by atoms with E-state index in [4.69, 9.17) is 21.1 Å². The molecule has 284 valence electrons. The fourth-order valence-corrected chi connectivity index (χ4v) is 6.00. The van der Waals surface area contributed by atoms with Crippen LogP contribution in [0.15, 0.2) is 127 Å². The number of carbonyl (C=O) groups is 4. The Kier molecular flexibility index (Phi) is 13.4. The standard InChI is InChI=1S/C43H40ClF2N3O6/c1-28-14-23-38(36(44)24-28)49(3)40(51)33-17-21-35(22-18-33)47-39(50)26-31-15-19-34(20-16-31)43(45,46)29(2)55-41(52)37(25-30-10-6-4-7-11-30)48-42(53)54-27-32-12-8-5-9-13-32/h4-24,29,37H,25-27H2,1-3H3,(H,47,50)(H,48,53)/t29-,37?/m0/s1. The molecule has 0 radical (unpaired) electrons. The van der Waals surface area contributed by atoms with Gasteiger partial charge in [-0.05, 0) is 72.5 Å². The summed E-state index contributed by atoms with van der Waals surface area (Å²) >= 11 is 6.33. The predicted octanol–water partition coefficient (Wildman–Crippen LogP) is 8.67. The van der Waals surface area contributed by atoms with Crippen molar-refractivity contribution in [1.29, 1.82) is 0 Å². The number of aryl methyl sites for hydroxylation is 1. The quantitative estimate of drug-likeness (QED) is 0.109. The molecule has 55 heavy (non-hydrogen) atoms. The van der Waals surface area contributed by atoms with E-state index in [1.54, 1.807) is 98.0 Å². The maximum atomic E-state index is 15.6. The molecule has 9 nitrogen and oxygen atoms in total. The fraction of sp³-hybridized carbons (Fsp3) is 0.209. The Bertz CT molecular complexity index is 2100. The summed E-state index contributed by atoms with van der Waals surface area (Å²) in [6, 6.07) is 33.3. The van der Waals surface area contributed by atoms with E-state index in [2.05, 4.69) is 10.6 Å². The highest BCUT2D eigenvalue weighted by Gasteiger charge is 2.42. The van der Waals surface area contributed by atoms with E-state index in [0.717, 1.165) is 18.1 Å². The second-order valence-electron chi connectivity index (χ2n) is 13.0. The Balaban J connectivity index is 1.16. The summed E-state index contributed by atoms with van der Waals surface area (Å²) in [5.41, 5.74) is 3.80. The molecule has 1 unspecified atom stereocenters. The first-order chi connectivity index (χ1) is 26.3. The Labute approximate surface area is 323 Å². The van der Waals surface area contributed by atoms with Crippen LogP contribution in [0.2, 0.25) is 5.02 Å². The Morgan fingerprint density at radius 1 is 0.800 bits per heavy atom. The Morgan fingerprint density at radius 2 is 1.42 bits per heavy atom. The average molecular weight is 768 g/mol. The third-order valence-corrected chi connectivity index (χ3v) is 9.07. The van der Waals surface area contributed by atoms with Crippen LogP contribution in [-0.4, -0.2) is 43.1 Å². The molecule has 0 saturated carbocycles. The van der Waals surface area contributed by atoms with Crippen LogP contribution in [0.25, 0.3) is 0 Å². The number of alkyl halides is 2. The third kappa shape index (κ3) is 11.0. The molecule has 0 aromatic heterocycles. The maximum absolute atomic E-state index is 15.6. The third-order valence-electron chi connectivity index (χ3n) is 8.76. The lowest BCUT2D eigenvalue weighted by Crippen LogP contribution is -2.46. The van der Waals surface area contributed by atoms with Crippen molar-refractivity contribution in [2.45, 2.75) is 51.4 Å². The van der Waals surface area contributed by atoms with Gasteiger partial charge in [-0.15, -0.1) is 0 Å². The van der Waals surface area contributed by atoms with Gasteiger partial charge in [0.2, 0.25) is 5.91 Å². The number of nitrogens with zero attached hydrogens (tertiary/aromatic N) is 1. The zero-order chi connectivity index (χ0) is 39.5. The average Bonchev–Trinajstić information content (AvgIpc) is 3.17. The highest BCUT2D eigenvalue weighted by molar-refractivity contribution is 6.34. The summed E-state index contributed by atoms with van der Waals surface area (Å²) in [4.78, 5) is 53.1. The van der Waals surface area contributed by atoms with Crippen LogP contribution in [0, 0.1) is 6.92 Å². The second kappa shape index (κ2) is 18.3. The van der Waals surface area contributed by atoms with Gasteiger partial charge in [0.15, 0.2) is 6.10 Å². The Hall–Kier alpha value is -6.07. The van der Waals surface area contributed by atoms with Crippen molar-refractivity contribution in [1.82, 2.24) is 5.32 Å². The van der Waals surface area contributed by atoms with Gasteiger partial charge in [-0.2, -0.15) is 8.78 Å². The topological polar surface area (TPSA) is 114 Å². The number of hydrogen-bond donors (Lipinski definition) is 2. The number of halogens is 3. The lowest BCUT2D eigenvalue weighted by atomic mass is 10.0. The molecule has 5 rings (SSSR count). The van der Waals surface area contributed by atoms with Crippen LogP contribution in [0.1, 0.15) is 45.1 Å². The molecule has 0 spiro atoms. The number of rotatable bonds is 14. The summed E-state index contributed by atoms with van der Waals surface area (Å²) in [5.74, 6) is -5.35. The number of amides is 3. The molecule has 5 aromatic rings. The molecule has 3 amide bonds. The number of alkyl carbamates (subject to hydrolysis) is 1. The van der Waals surface area contributed by atoms with Crippen molar-refractivity contribution in [3.63, 3.8) is 0 Å². The van der Waals surface area contributed by atoms with Crippen LogP contribution in [-0.2, 0) is 44.4 Å². The van der Waals surface area contributed by atoms with Crippen LogP contribution in [0.5, 0.6) is 0 Å². The summed E-state index contributed by atoms with van der Waals surface area (Å²) < 4.78 is 41.7. The largest absolute Gasteiger partial charge is 0.454 e. The number of esters is 1. The van der Waals surface area contributed by atoms with E-state index in [-0.39, 0.29) is 25.4 Å². The summed E-state index contributed by atoms with van der Waals surface area (Å²) in [6.07, 6.45) is -2.93. The van der Waals surface area contributed by atoms with Crippen molar-refractivity contribution < 1.29 is 37.4 Å². The summed E-state index contributed by atoms with van der Waals surface area (Å²) in [6.45, 7) is 2.92. The van der Waals surface area contributed by atoms with Crippen LogP contribution in [0.4, 0.5) is 25.0 Å². The number of anilines is 2. The smallest absolute Gasteiger partial charge is 0.408 e. The van der Waals surface area contributed by atoms with Crippen molar-refractivity contribution in [3.05, 3.63) is 166 Å². The first-order valence-corrected chi connectivity index (χ1v) is 17.8. The van der Waals surface area contributed by atoms with Gasteiger partial charge in [0.05, 0.1) is 17.1 Å². The number of hydrogen-bond acceptors (Lipinski definition) is 6. The van der Waals surface area contributed by atoms with Crippen molar-refractivity contribution in [3.8, 4) is 0 Å². The van der Waals surface area contributed by atoms with Crippen molar-refractivity contribution >= 4 is 46.9 Å². The molecular weight excluding hydrogens is 728 g/mol. The molecule has 2 atom stereocenters. The first-order valence-electron chi connectivity index (χ1n) is 17.4. The fourth-order valence-electron chi connectivity index (χ4n) is 5.63. The number of nitrogens with one attached hydrogen (secondary N) is 2. The molecule has 0 aliphatic rings. The van der Waals surface area contributed by atoms with Gasteiger partial charge < -0.3 is 25.0 Å². The maximum Gasteiger partial charge on any atom is 0.408 e. The van der Waals surface area contributed by atoms with Gasteiger partial charge in [0.1, 0.15) is 12.6 Å². The van der Waals surface area contributed by atoms with Gasteiger partial charge in [0, 0.05) is 30.3 Å². The second-order valence-corrected chi connectivity index (χ2v) is 13.4. The molecule has 2 N–H and O–H groups in total. The summed E-state index contributed by atoms with van der Waals surface area (Å²) in [7, 11) is 1.62. The predicted molar refractivity (Wildman–Crippen MR) is 207 cm³/mol. The lowest BCUT2D eigenvalue weighted by molar-refractivity contribution is -0.175. The van der Waals surface area contributed by atoms with E-state index in [0.29, 0.717) is 33.1 Å². The van der Waals surface area contributed by atoms with E-state index in [9.17, 15) is 19.2 Å². The highest BCUT2D eigenvalue weighted by Crippen LogP contribution is 2.34. The van der Waals surface area contributed by atoms with Crippen LogP contribution >= 0.6 is 11.6 Å². The number of carbonyl (C=O) groups excluding carboxylic acids is 4. The van der Waals surface area contributed by atoms with E-state index < -0.39 is 41.6 Å². The molecule has 0 aliphatic heterocycles. The minimum Gasteiger partial charge on any atom is -0.454 e. The zero-order valence-electron chi connectivity index (χ0n) is 30.4. The molecule has 0 saturated heterocycles. The molecule has 0 bridgehead atoms. The lowest BCUT2D eigenvalue weighted by Gasteiger charge is -2.26. The first kappa shape index (κ1) is 40.1. The number of ether oxygens (including phenoxy) is 2. The van der Waals surface area contributed by atoms with Crippen LogP contribution < -0.4 is 15.5 Å². The molecule has 0 aliphatic carbocycles.